The minimum Gasteiger partial charge on any atom is -0.373 e. The molecule has 2 saturated heterocycles. The Hall–Kier alpha value is -1.44. The van der Waals surface area contributed by atoms with Gasteiger partial charge in [0.1, 0.15) is 0 Å². The van der Waals surface area contributed by atoms with Crippen molar-refractivity contribution in [1.82, 2.24) is 14.7 Å². The minimum absolute atomic E-state index is 0.119. The molecule has 4 heterocycles. The number of thiophene rings is 1. The lowest BCUT2D eigenvalue weighted by Gasteiger charge is -2.37. The molecule has 0 aliphatic carbocycles. The Labute approximate surface area is 190 Å². The molecule has 1 aromatic rings. The zero-order valence-corrected chi connectivity index (χ0v) is 19.9. The van der Waals surface area contributed by atoms with Gasteiger partial charge in [-0.25, -0.2) is 0 Å². The molecule has 31 heavy (non-hydrogen) atoms. The standard InChI is InChI=1S/C24H37N3O3S/c1-18-15-25(16-19(2)30-18)10-5-20-6-11-26(12-7-20)23(28)3-4-24(29)27-13-8-22-21(17-27)9-14-31-22/h9,14,18-20H,3-8,10-13,15-17H2,1-2H3. The molecule has 2 amide bonds. The van der Waals surface area contributed by atoms with Gasteiger partial charge in [-0.2, -0.15) is 0 Å². The van der Waals surface area contributed by atoms with Crippen molar-refractivity contribution in [1.29, 1.82) is 0 Å². The molecule has 1 aromatic heterocycles. The molecule has 7 heteroatoms. The first-order chi connectivity index (χ1) is 15.0. The lowest BCUT2D eigenvalue weighted by atomic mass is 9.93. The summed E-state index contributed by atoms with van der Waals surface area (Å²) in [6.07, 6.45) is 5.66. The highest BCUT2D eigenvalue weighted by molar-refractivity contribution is 7.10. The van der Waals surface area contributed by atoms with Crippen LogP contribution in [-0.2, 0) is 27.3 Å². The van der Waals surface area contributed by atoms with Crippen molar-refractivity contribution in [3.63, 3.8) is 0 Å². The maximum absolute atomic E-state index is 12.7. The van der Waals surface area contributed by atoms with Crippen LogP contribution < -0.4 is 0 Å². The number of ether oxygens (including phenoxy) is 1. The van der Waals surface area contributed by atoms with Crippen LogP contribution in [0, 0.1) is 5.92 Å². The molecule has 0 saturated carbocycles. The fourth-order valence-corrected chi connectivity index (χ4v) is 6.18. The van der Waals surface area contributed by atoms with Gasteiger partial charge in [-0.1, -0.05) is 0 Å². The monoisotopic (exact) mass is 447 g/mol. The van der Waals surface area contributed by atoms with E-state index in [1.807, 2.05) is 9.80 Å². The molecule has 0 spiro atoms. The largest absolute Gasteiger partial charge is 0.373 e. The predicted molar refractivity (Wildman–Crippen MR) is 123 cm³/mol. The topological polar surface area (TPSA) is 53.1 Å². The summed E-state index contributed by atoms with van der Waals surface area (Å²) in [6.45, 7) is 10.7. The van der Waals surface area contributed by atoms with Crippen molar-refractivity contribution in [3.05, 3.63) is 21.9 Å². The first kappa shape index (κ1) is 22.7. The second-order valence-corrected chi connectivity index (χ2v) is 10.6. The maximum atomic E-state index is 12.7. The van der Waals surface area contributed by atoms with E-state index in [9.17, 15) is 9.59 Å². The second kappa shape index (κ2) is 10.5. The van der Waals surface area contributed by atoms with Gasteiger partial charge in [-0.15, -0.1) is 11.3 Å². The fourth-order valence-electron chi connectivity index (χ4n) is 5.29. The van der Waals surface area contributed by atoms with Crippen molar-refractivity contribution >= 4 is 23.2 Å². The van der Waals surface area contributed by atoms with E-state index in [4.69, 9.17) is 4.74 Å². The first-order valence-corrected chi connectivity index (χ1v) is 12.8. The van der Waals surface area contributed by atoms with Gasteiger partial charge in [-0.3, -0.25) is 14.5 Å². The van der Waals surface area contributed by atoms with Crippen molar-refractivity contribution in [2.75, 3.05) is 39.3 Å². The van der Waals surface area contributed by atoms with Crippen LogP contribution in [0.5, 0.6) is 0 Å². The molecule has 0 N–H and O–H groups in total. The zero-order chi connectivity index (χ0) is 21.8. The highest BCUT2D eigenvalue weighted by atomic mass is 32.1. The van der Waals surface area contributed by atoms with Crippen LogP contribution in [0.2, 0.25) is 0 Å². The van der Waals surface area contributed by atoms with Gasteiger partial charge in [0.05, 0.1) is 12.2 Å². The molecule has 4 rings (SSSR count). The Morgan fingerprint density at radius 1 is 1.03 bits per heavy atom. The van der Waals surface area contributed by atoms with E-state index in [1.54, 1.807) is 11.3 Å². The van der Waals surface area contributed by atoms with E-state index in [-0.39, 0.29) is 11.8 Å². The lowest BCUT2D eigenvalue weighted by molar-refractivity contribution is -0.138. The van der Waals surface area contributed by atoms with Crippen LogP contribution >= 0.6 is 11.3 Å². The van der Waals surface area contributed by atoms with Gasteiger partial charge in [-0.05, 0) is 69.0 Å². The number of nitrogens with zero attached hydrogens (tertiary/aromatic N) is 3. The molecular formula is C24H37N3O3S. The molecule has 172 valence electrons. The van der Waals surface area contributed by atoms with Crippen LogP contribution in [0.1, 0.15) is 56.4 Å². The predicted octanol–water partition coefficient (Wildman–Crippen LogP) is 3.15. The number of piperidine rings is 1. The van der Waals surface area contributed by atoms with Crippen molar-refractivity contribution in [2.45, 2.75) is 71.1 Å². The zero-order valence-electron chi connectivity index (χ0n) is 19.1. The van der Waals surface area contributed by atoms with Gasteiger partial charge in [0.15, 0.2) is 0 Å². The van der Waals surface area contributed by atoms with E-state index in [0.717, 1.165) is 58.5 Å². The van der Waals surface area contributed by atoms with Gasteiger partial charge >= 0.3 is 0 Å². The highest BCUT2D eigenvalue weighted by Crippen LogP contribution is 2.25. The van der Waals surface area contributed by atoms with Crippen molar-refractivity contribution in [2.24, 2.45) is 5.92 Å². The first-order valence-electron chi connectivity index (χ1n) is 12.0. The SMILES string of the molecule is CC1CN(CCC2CCN(C(=O)CCC(=O)N3CCc4sccc4C3)CC2)CC(C)O1. The number of fused-ring (bicyclic) bond motifs is 1. The van der Waals surface area contributed by atoms with E-state index in [0.29, 0.717) is 37.5 Å². The number of hydrogen-bond acceptors (Lipinski definition) is 5. The average Bonchev–Trinajstić information content (AvgIpc) is 3.23. The summed E-state index contributed by atoms with van der Waals surface area (Å²) in [6, 6.07) is 2.12. The molecule has 2 atom stereocenters. The smallest absolute Gasteiger partial charge is 0.223 e. The van der Waals surface area contributed by atoms with Crippen LogP contribution in [0.15, 0.2) is 11.4 Å². The van der Waals surface area contributed by atoms with Crippen LogP contribution in [0.4, 0.5) is 0 Å². The van der Waals surface area contributed by atoms with Gasteiger partial charge < -0.3 is 14.5 Å². The molecule has 2 fully saturated rings. The fraction of sp³-hybridized carbons (Fsp3) is 0.750. The Kier molecular flexibility index (Phi) is 7.67. The molecule has 6 nitrogen and oxygen atoms in total. The van der Waals surface area contributed by atoms with Crippen molar-refractivity contribution in [3.8, 4) is 0 Å². The average molecular weight is 448 g/mol. The Balaban J connectivity index is 1.13. The number of carbonyl (C=O) groups is 2. The van der Waals surface area contributed by atoms with Gasteiger partial charge in [0, 0.05) is 57.0 Å². The third-order valence-corrected chi connectivity index (χ3v) is 8.05. The maximum Gasteiger partial charge on any atom is 0.223 e. The summed E-state index contributed by atoms with van der Waals surface area (Å²) >= 11 is 1.78. The Bertz CT molecular complexity index is 749. The van der Waals surface area contributed by atoms with E-state index in [1.165, 1.54) is 16.9 Å². The highest BCUT2D eigenvalue weighted by Gasteiger charge is 2.27. The van der Waals surface area contributed by atoms with Crippen molar-refractivity contribution < 1.29 is 14.3 Å². The molecule has 3 aliphatic rings. The summed E-state index contributed by atoms with van der Waals surface area (Å²) in [7, 11) is 0. The molecule has 0 bridgehead atoms. The van der Waals surface area contributed by atoms with Crippen LogP contribution in [-0.4, -0.2) is 78.0 Å². The number of morpholine rings is 1. The van der Waals surface area contributed by atoms with Crippen LogP contribution in [0.3, 0.4) is 0 Å². The Morgan fingerprint density at radius 3 is 2.42 bits per heavy atom. The third-order valence-electron chi connectivity index (χ3n) is 7.03. The normalized spacial score (nSPS) is 25.5. The van der Waals surface area contributed by atoms with E-state index < -0.39 is 0 Å². The number of likely N-dealkylation sites (tertiary alicyclic amines) is 1. The molecule has 0 radical (unpaired) electrons. The molecule has 3 aliphatic heterocycles. The quantitative estimate of drug-likeness (QED) is 0.672. The Morgan fingerprint density at radius 2 is 1.71 bits per heavy atom. The summed E-state index contributed by atoms with van der Waals surface area (Å²) in [5, 5.41) is 2.10. The minimum atomic E-state index is 0.119. The third kappa shape index (κ3) is 6.08. The number of amides is 2. The summed E-state index contributed by atoms with van der Waals surface area (Å²) in [5.74, 6) is 0.970. The summed E-state index contributed by atoms with van der Waals surface area (Å²) in [5.41, 5.74) is 1.28. The molecular weight excluding hydrogens is 410 g/mol. The molecule has 2 unspecified atom stereocenters. The summed E-state index contributed by atoms with van der Waals surface area (Å²) < 4.78 is 5.83. The number of carbonyl (C=O) groups excluding carboxylic acids is 2. The van der Waals surface area contributed by atoms with Crippen LogP contribution in [0.25, 0.3) is 0 Å². The van der Waals surface area contributed by atoms with Gasteiger partial charge in [0.25, 0.3) is 0 Å². The molecule has 0 aromatic carbocycles. The lowest BCUT2D eigenvalue weighted by Crippen LogP contribution is -2.46. The number of hydrogen-bond donors (Lipinski definition) is 0. The second-order valence-electron chi connectivity index (χ2n) is 9.56. The summed E-state index contributed by atoms with van der Waals surface area (Å²) in [4.78, 5) is 33.1. The van der Waals surface area contributed by atoms with Gasteiger partial charge in [0.2, 0.25) is 11.8 Å². The van der Waals surface area contributed by atoms with E-state index >= 15 is 0 Å². The van der Waals surface area contributed by atoms with E-state index in [2.05, 4.69) is 30.2 Å². The number of rotatable bonds is 6.